The highest BCUT2D eigenvalue weighted by molar-refractivity contribution is 7.99. The topological polar surface area (TPSA) is 38.1 Å². The van der Waals surface area contributed by atoms with E-state index in [1.54, 1.807) is 34.0 Å². The molecule has 0 fully saturated rings. The van der Waals surface area contributed by atoms with Gasteiger partial charge in [-0.2, -0.15) is 0 Å². The summed E-state index contributed by atoms with van der Waals surface area (Å²) in [6.45, 7) is 5.32. The summed E-state index contributed by atoms with van der Waals surface area (Å²) in [4.78, 5) is 18.0. The summed E-state index contributed by atoms with van der Waals surface area (Å²) >= 11 is 1.36. The maximum Gasteiger partial charge on any atom is 0.233 e. The van der Waals surface area contributed by atoms with Crippen molar-refractivity contribution in [2.75, 3.05) is 18.8 Å². The van der Waals surface area contributed by atoms with Crippen LogP contribution in [0.1, 0.15) is 13.8 Å². The van der Waals surface area contributed by atoms with E-state index in [1.807, 2.05) is 13.8 Å². The molecule has 21 heavy (non-hydrogen) atoms. The molecule has 0 aliphatic rings. The van der Waals surface area contributed by atoms with E-state index in [-0.39, 0.29) is 11.7 Å². The summed E-state index contributed by atoms with van der Waals surface area (Å²) in [5.41, 5.74) is 0.699. The fraction of sp³-hybridized carbons (Fsp3) is 0.333. The van der Waals surface area contributed by atoms with Crippen LogP contribution in [0.3, 0.4) is 0 Å². The van der Waals surface area contributed by atoms with Crippen LogP contribution in [0.5, 0.6) is 0 Å². The Hall–Kier alpha value is -1.82. The number of amides is 1. The monoisotopic (exact) mass is 307 g/mol. The normalized spacial score (nSPS) is 10.6. The molecule has 2 rings (SSSR count). The van der Waals surface area contributed by atoms with Crippen molar-refractivity contribution < 1.29 is 9.18 Å². The SMILES string of the molecule is CCN(CC)C(=O)CSc1nccn1-c1cccc(F)c1. The number of hydrogen-bond donors (Lipinski definition) is 0. The van der Waals surface area contributed by atoms with E-state index in [9.17, 15) is 9.18 Å². The molecule has 1 aromatic heterocycles. The van der Waals surface area contributed by atoms with Gasteiger partial charge in [0.2, 0.25) is 5.91 Å². The van der Waals surface area contributed by atoms with Crippen molar-refractivity contribution in [1.82, 2.24) is 14.5 Å². The fourth-order valence-corrected chi connectivity index (χ4v) is 2.89. The quantitative estimate of drug-likeness (QED) is 0.770. The molecular weight excluding hydrogens is 289 g/mol. The third-order valence-corrected chi connectivity index (χ3v) is 4.09. The first-order valence-electron chi connectivity index (χ1n) is 6.85. The lowest BCUT2D eigenvalue weighted by atomic mass is 10.3. The van der Waals surface area contributed by atoms with Crippen LogP contribution in [0, 0.1) is 5.82 Å². The molecule has 0 unspecified atom stereocenters. The minimum atomic E-state index is -0.295. The van der Waals surface area contributed by atoms with Gasteiger partial charge in [0.15, 0.2) is 5.16 Å². The number of thioether (sulfide) groups is 1. The molecule has 0 N–H and O–H groups in total. The second-order valence-corrected chi connectivity index (χ2v) is 5.36. The minimum absolute atomic E-state index is 0.0822. The fourth-order valence-electron chi connectivity index (χ4n) is 2.01. The summed E-state index contributed by atoms with van der Waals surface area (Å²) in [5, 5.41) is 0.682. The smallest absolute Gasteiger partial charge is 0.233 e. The van der Waals surface area contributed by atoms with Crippen LogP contribution in [0.2, 0.25) is 0 Å². The summed E-state index contributed by atoms with van der Waals surface area (Å²) in [7, 11) is 0. The molecule has 0 spiro atoms. The van der Waals surface area contributed by atoms with Crippen molar-refractivity contribution in [3.05, 3.63) is 42.5 Å². The van der Waals surface area contributed by atoms with E-state index in [4.69, 9.17) is 0 Å². The summed E-state index contributed by atoms with van der Waals surface area (Å²) in [6, 6.07) is 6.30. The number of benzene rings is 1. The van der Waals surface area contributed by atoms with Crippen LogP contribution in [0.4, 0.5) is 4.39 Å². The first kappa shape index (κ1) is 15.6. The van der Waals surface area contributed by atoms with Gasteiger partial charge in [-0.15, -0.1) is 0 Å². The molecule has 1 amide bonds. The molecule has 0 saturated heterocycles. The molecule has 6 heteroatoms. The van der Waals surface area contributed by atoms with Gasteiger partial charge >= 0.3 is 0 Å². The molecule has 0 saturated carbocycles. The largest absolute Gasteiger partial charge is 0.343 e. The Labute approximate surface area is 128 Å². The lowest BCUT2D eigenvalue weighted by Gasteiger charge is -2.18. The van der Waals surface area contributed by atoms with Gasteiger partial charge in [0.25, 0.3) is 0 Å². The third-order valence-electron chi connectivity index (χ3n) is 3.13. The molecule has 0 bridgehead atoms. The number of rotatable bonds is 6. The predicted octanol–water partition coefficient (Wildman–Crippen LogP) is 2.97. The first-order chi connectivity index (χ1) is 10.2. The first-order valence-corrected chi connectivity index (χ1v) is 7.84. The maximum absolute atomic E-state index is 13.3. The zero-order valence-electron chi connectivity index (χ0n) is 12.1. The zero-order valence-corrected chi connectivity index (χ0v) is 12.9. The van der Waals surface area contributed by atoms with Crippen LogP contribution < -0.4 is 0 Å². The second kappa shape index (κ2) is 7.26. The Morgan fingerprint density at radius 2 is 2.14 bits per heavy atom. The van der Waals surface area contributed by atoms with Gasteiger partial charge in [0.05, 0.1) is 11.4 Å². The van der Waals surface area contributed by atoms with Crippen molar-refractivity contribution >= 4 is 17.7 Å². The highest BCUT2D eigenvalue weighted by Crippen LogP contribution is 2.21. The number of aromatic nitrogens is 2. The minimum Gasteiger partial charge on any atom is -0.343 e. The van der Waals surface area contributed by atoms with Crippen LogP contribution in [-0.2, 0) is 4.79 Å². The van der Waals surface area contributed by atoms with E-state index in [0.29, 0.717) is 29.7 Å². The lowest BCUT2D eigenvalue weighted by Crippen LogP contribution is -2.31. The average molecular weight is 307 g/mol. The number of carbonyl (C=O) groups is 1. The van der Waals surface area contributed by atoms with Crippen molar-refractivity contribution in [2.45, 2.75) is 19.0 Å². The number of nitrogens with zero attached hydrogens (tertiary/aromatic N) is 3. The number of halogens is 1. The van der Waals surface area contributed by atoms with Crippen molar-refractivity contribution in [1.29, 1.82) is 0 Å². The van der Waals surface area contributed by atoms with Crippen molar-refractivity contribution in [2.24, 2.45) is 0 Å². The molecule has 4 nitrogen and oxygen atoms in total. The molecule has 112 valence electrons. The van der Waals surface area contributed by atoms with Crippen LogP contribution in [0.25, 0.3) is 5.69 Å². The Bertz CT molecular complexity index is 610. The molecule has 0 aliphatic carbocycles. The number of carbonyl (C=O) groups excluding carboxylic acids is 1. The second-order valence-electron chi connectivity index (χ2n) is 4.41. The van der Waals surface area contributed by atoms with E-state index in [2.05, 4.69) is 4.98 Å². The third kappa shape index (κ3) is 3.85. The Morgan fingerprint density at radius 1 is 1.38 bits per heavy atom. The van der Waals surface area contributed by atoms with Gasteiger partial charge in [0.1, 0.15) is 5.82 Å². The maximum atomic E-state index is 13.3. The van der Waals surface area contributed by atoms with Gasteiger partial charge in [-0.05, 0) is 32.0 Å². The Morgan fingerprint density at radius 3 is 2.81 bits per heavy atom. The van der Waals surface area contributed by atoms with Gasteiger partial charge in [-0.25, -0.2) is 9.37 Å². The Kier molecular flexibility index (Phi) is 5.38. The van der Waals surface area contributed by atoms with E-state index >= 15 is 0 Å². The highest BCUT2D eigenvalue weighted by atomic mass is 32.2. The van der Waals surface area contributed by atoms with Crippen molar-refractivity contribution in [3.63, 3.8) is 0 Å². The van der Waals surface area contributed by atoms with E-state index in [1.165, 1.54) is 23.9 Å². The van der Waals surface area contributed by atoms with Gasteiger partial charge in [-0.3, -0.25) is 9.36 Å². The van der Waals surface area contributed by atoms with Gasteiger partial charge < -0.3 is 4.90 Å². The summed E-state index contributed by atoms with van der Waals surface area (Å²) in [6.07, 6.45) is 3.41. The van der Waals surface area contributed by atoms with E-state index < -0.39 is 0 Å². The lowest BCUT2D eigenvalue weighted by molar-refractivity contribution is -0.127. The van der Waals surface area contributed by atoms with Crippen LogP contribution in [-0.4, -0.2) is 39.2 Å². The van der Waals surface area contributed by atoms with Crippen molar-refractivity contribution in [3.8, 4) is 5.69 Å². The van der Waals surface area contributed by atoms with Gasteiger partial charge in [-0.1, -0.05) is 17.8 Å². The standard InChI is InChI=1S/C15H18FN3OS/c1-3-18(4-2)14(20)11-21-15-17-8-9-19(15)13-7-5-6-12(16)10-13/h5-10H,3-4,11H2,1-2H3. The molecule has 0 radical (unpaired) electrons. The van der Waals surface area contributed by atoms with E-state index in [0.717, 1.165) is 0 Å². The van der Waals surface area contributed by atoms with Crippen LogP contribution in [0.15, 0.2) is 41.8 Å². The number of imidazole rings is 1. The highest BCUT2D eigenvalue weighted by Gasteiger charge is 2.13. The molecule has 1 heterocycles. The molecule has 2 aromatic rings. The summed E-state index contributed by atoms with van der Waals surface area (Å²) < 4.78 is 15.1. The molecule has 0 aliphatic heterocycles. The molecule has 0 atom stereocenters. The zero-order chi connectivity index (χ0) is 15.2. The molecule has 1 aromatic carbocycles. The number of hydrogen-bond acceptors (Lipinski definition) is 3. The summed E-state index contributed by atoms with van der Waals surface area (Å²) in [5.74, 6) is 0.115. The van der Waals surface area contributed by atoms with Crippen LogP contribution >= 0.6 is 11.8 Å². The average Bonchev–Trinajstić information content (AvgIpc) is 2.95. The predicted molar refractivity (Wildman–Crippen MR) is 82.2 cm³/mol. The molecular formula is C15H18FN3OS. The Balaban J connectivity index is 2.09. The van der Waals surface area contributed by atoms with Gasteiger partial charge in [0, 0.05) is 25.5 Å².